The summed E-state index contributed by atoms with van der Waals surface area (Å²) in [5, 5.41) is 7.87. The van der Waals surface area contributed by atoms with Gasteiger partial charge in [0.25, 0.3) is 0 Å². The Morgan fingerprint density at radius 2 is 2.26 bits per heavy atom. The van der Waals surface area contributed by atoms with E-state index in [-0.39, 0.29) is 0 Å². The molecule has 0 saturated heterocycles. The second-order valence-electron chi connectivity index (χ2n) is 4.16. The zero-order chi connectivity index (χ0) is 13.2. The highest BCUT2D eigenvalue weighted by molar-refractivity contribution is 7.22. The molecule has 6 nitrogen and oxygen atoms in total. The molecular weight excluding hydrogens is 262 g/mol. The summed E-state index contributed by atoms with van der Waals surface area (Å²) in [5.41, 5.74) is 7.45. The van der Waals surface area contributed by atoms with Crippen molar-refractivity contribution in [2.75, 3.05) is 17.6 Å². The van der Waals surface area contributed by atoms with Gasteiger partial charge in [-0.3, -0.25) is 0 Å². The summed E-state index contributed by atoms with van der Waals surface area (Å²) in [6, 6.07) is 5.71. The first kappa shape index (κ1) is 11.9. The second-order valence-corrected chi connectivity index (χ2v) is 5.19. The first-order valence-electron chi connectivity index (χ1n) is 5.90. The Morgan fingerprint density at radius 3 is 3.05 bits per heavy atom. The number of thiazole rings is 1. The van der Waals surface area contributed by atoms with Crippen molar-refractivity contribution in [3.8, 4) is 0 Å². The summed E-state index contributed by atoms with van der Waals surface area (Å²) in [7, 11) is 0. The number of anilines is 2. The van der Waals surface area contributed by atoms with Crippen molar-refractivity contribution in [2.24, 2.45) is 0 Å². The molecule has 19 heavy (non-hydrogen) atoms. The molecule has 98 valence electrons. The number of hydrogen-bond donors (Lipinski definition) is 2. The van der Waals surface area contributed by atoms with Crippen LogP contribution in [0.4, 0.5) is 10.8 Å². The molecule has 3 aromatic rings. The fraction of sp³-hybridized carbons (Fsp3) is 0.250. The standard InChI is InChI=1S/C12H13N5OS/c1-7-15-11(18-17-7)4-5-14-12-16-9-3-2-8(13)6-10(9)19-12/h2-3,6H,4-5,13H2,1H3,(H,14,16). The zero-order valence-electron chi connectivity index (χ0n) is 10.4. The number of nitrogen functional groups attached to an aromatic ring is 1. The number of hydrogen-bond acceptors (Lipinski definition) is 7. The number of nitrogens with one attached hydrogen (secondary N) is 1. The Balaban J connectivity index is 1.65. The summed E-state index contributed by atoms with van der Waals surface area (Å²) in [4.78, 5) is 8.62. The lowest BCUT2D eigenvalue weighted by Gasteiger charge is -1.97. The third kappa shape index (κ3) is 2.65. The molecule has 0 bridgehead atoms. The van der Waals surface area contributed by atoms with E-state index in [1.807, 2.05) is 18.2 Å². The van der Waals surface area contributed by atoms with Gasteiger partial charge < -0.3 is 15.6 Å². The minimum Gasteiger partial charge on any atom is -0.399 e. The Labute approximate surface area is 113 Å². The van der Waals surface area contributed by atoms with Gasteiger partial charge in [-0.05, 0) is 25.1 Å². The molecule has 2 heterocycles. The summed E-state index contributed by atoms with van der Waals surface area (Å²) >= 11 is 1.58. The van der Waals surface area contributed by atoms with E-state index in [2.05, 4.69) is 20.4 Å². The van der Waals surface area contributed by atoms with Crippen molar-refractivity contribution in [1.29, 1.82) is 0 Å². The maximum atomic E-state index is 5.74. The van der Waals surface area contributed by atoms with Crippen LogP contribution in [0.3, 0.4) is 0 Å². The van der Waals surface area contributed by atoms with Crippen LogP contribution in [0.2, 0.25) is 0 Å². The first-order valence-corrected chi connectivity index (χ1v) is 6.71. The molecule has 3 N–H and O–H groups in total. The molecule has 0 spiro atoms. The quantitative estimate of drug-likeness (QED) is 0.710. The van der Waals surface area contributed by atoms with E-state index in [4.69, 9.17) is 10.3 Å². The fourth-order valence-electron chi connectivity index (χ4n) is 1.73. The normalized spacial score (nSPS) is 11.0. The lowest BCUT2D eigenvalue weighted by Crippen LogP contribution is -2.04. The van der Waals surface area contributed by atoms with Gasteiger partial charge in [-0.15, -0.1) is 0 Å². The third-order valence-corrected chi connectivity index (χ3v) is 3.57. The maximum Gasteiger partial charge on any atom is 0.228 e. The van der Waals surface area contributed by atoms with E-state index in [9.17, 15) is 0 Å². The van der Waals surface area contributed by atoms with Crippen molar-refractivity contribution in [3.63, 3.8) is 0 Å². The molecule has 0 radical (unpaired) electrons. The smallest absolute Gasteiger partial charge is 0.228 e. The van der Waals surface area contributed by atoms with E-state index >= 15 is 0 Å². The lowest BCUT2D eigenvalue weighted by molar-refractivity contribution is 0.377. The van der Waals surface area contributed by atoms with E-state index in [1.165, 1.54) is 0 Å². The highest BCUT2D eigenvalue weighted by atomic mass is 32.1. The van der Waals surface area contributed by atoms with Crippen molar-refractivity contribution >= 4 is 32.4 Å². The van der Waals surface area contributed by atoms with Crippen LogP contribution in [0, 0.1) is 6.92 Å². The van der Waals surface area contributed by atoms with Crippen LogP contribution in [-0.2, 0) is 6.42 Å². The number of nitrogens with zero attached hydrogens (tertiary/aromatic N) is 3. The number of aryl methyl sites for hydroxylation is 1. The van der Waals surface area contributed by atoms with Crippen LogP contribution in [0.15, 0.2) is 22.7 Å². The second kappa shape index (κ2) is 4.85. The van der Waals surface area contributed by atoms with Gasteiger partial charge in [0.2, 0.25) is 5.89 Å². The van der Waals surface area contributed by atoms with Gasteiger partial charge >= 0.3 is 0 Å². The Bertz CT molecular complexity index is 705. The first-order chi connectivity index (χ1) is 9.20. The summed E-state index contributed by atoms with van der Waals surface area (Å²) in [6.45, 7) is 2.51. The number of aromatic nitrogens is 3. The Morgan fingerprint density at radius 1 is 1.37 bits per heavy atom. The van der Waals surface area contributed by atoms with Crippen molar-refractivity contribution in [3.05, 3.63) is 29.9 Å². The van der Waals surface area contributed by atoms with Crippen LogP contribution in [0.1, 0.15) is 11.7 Å². The molecule has 1 aromatic carbocycles. The SMILES string of the molecule is Cc1noc(CCNc2nc3ccc(N)cc3s2)n1. The minimum absolute atomic E-state index is 0.635. The van der Waals surface area contributed by atoms with Crippen LogP contribution in [0.25, 0.3) is 10.2 Å². The van der Waals surface area contributed by atoms with Gasteiger partial charge in [0.1, 0.15) is 0 Å². The van der Waals surface area contributed by atoms with Gasteiger partial charge in [-0.25, -0.2) is 4.98 Å². The molecule has 2 aromatic heterocycles. The molecule has 0 aliphatic heterocycles. The number of rotatable bonds is 4. The van der Waals surface area contributed by atoms with E-state index < -0.39 is 0 Å². The van der Waals surface area contributed by atoms with Crippen molar-refractivity contribution < 1.29 is 4.52 Å². The minimum atomic E-state index is 0.635. The van der Waals surface area contributed by atoms with Crippen LogP contribution in [0.5, 0.6) is 0 Å². The molecule has 0 fully saturated rings. The molecule has 7 heteroatoms. The molecule has 0 atom stereocenters. The van der Waals surface area contributed by atoms with E-state index in [1.54, 1.807) is 18.3 Å². The number of fused-ring (bicyclic) bond motifs is 1. The molecule has 0 amide bonds. The van der Waals surface area contributed by atoms with Gasteiger partial charge in [0.05, 0.1) is 10.2 Å². The highest BCUT2D eigenvalue weighted by Crippen LogP contribution is 2.27. The highest BCUT2D eigenvalue weighted by Gasteiger charge is 2.05. The zero-order valence-corrected chi connectivity index (χ0v) is 11.2. The van der Waals surface area contributed by atoms with Crippen LogP contribution in [-0.4, -0.2) is 21.7 Å². The van der Waals surface area contributed by atoms with Gasteiger partial charge in [0.15, 0.2) is 11.0 Å². The van der Waals surface area contributed by atoms with Crippen LogP contribution >= 0.6 is 11.3 Å². The van der Waals surface area contributed by atoms with Crippen molar-refractivity contribution in [2.45, 2.75) is 13.3 Å². The number of benzene rings is 1. The summed E-state index contributed by atoms with van der Waals surface area (Å²) in [5.74, 6) is 1.29. The predicted octanol–water partition coefficient (Wildman–Crippen LogP) is 2.22. The fourth-order valence-corrected chi connectivity index (χ4v) is 2.67. The molecule has 3 rings (SSSR count). The number of nitrogens with two attached hydrogens (primary N) is 1. The van der Waals surface area contributed by atoms with Crippen molar-refractivity contribution in [1.82, 2.24) is 15.1 Å². The lowest BCUT2D eigenvalue weighted by atomic mass is 10.3. The summed E-state index contributed by atoms with van der Waals surface area (Å²) < 4.78 is 6.12. The molecular formula is C12H13N5OS. The molecule has 0 aliphatic rings. The molecule has 0 saturated carbocycles. The van der Waals surface area contributed by atoms with E-state index in [0.717, 1.165) is 21.0 Å². The molecule has 0 unspecified atom stereocenters. The average molecular weight is 275 g/mol. The molecule has 0 aliphatic carbocycles. The van der Waals surface area contributed by atoms with Crippen LogP contribution < -0.4 is 11.1 Å². The Kier molecular flexibility index (Phi) is 3.04. The maximum absolute atomic E-state index is 5.74. The third-order valence-electron chi connectivity index (χ3n) is 2.60. The topological polar surface area (TPSA) is 89.9 Å². The summed E-state index contributed by atoms with van der Waals surface area (Å²) in [6.07, 6.45) is 0.679. The predicted molar refractivity (Wildman–Crippen MR) is 75.3 cm³/mol. The Hall–Kier alpha value is -2.15. The van der Waals surface area contributed by atoms with Gasteiger partial charge in [-0.1, -0.05) is 16.5 Å². The largest absolute Gasteiger partial charge is 0.399 e. The van der Waals surface area contributed by atoms with Gasteiger partial charge in [-0.2, -0.15) is 4.98 Å². The van der Waals surface area contributed by atoms with Gasteiger partial charge in [0, 0.05) is 18.7 Å². The monoisotopic (exact) mass is 275 g/mol. The average Bonchev–Trinajstić information content (AvgIpc) is 2.95. The van der Waals surface area contributed by atoms with E-state index in [0.29, 0.717) is 24.7 Å².